The Labute approximate surface area is 114 Å². The Hall–Kier alpha value is -2.89. The molecule has 0 aliphatic rings. The summed E-state index contributed by atoms with van der Waals surface area (Å²) in [6, 6.07) is 12.3. The van der Waals surface area contributed by atoms with Crippen LogP contribution in [0, 0.1) is 10.1 Å². The number of benzene rings is 2. The largest absolute Gasteiger partial charge is 0.490 e. The van der Waals surface area contributed by atoms with Crippen LogP contribution in [0.5, 0.6) is 11.5 Å². The van der Waals surface area contributed by atoms with E-state index in [0.717, 1.165) is 6.07 Å². The van der Waals surface area contributed by atoms with Crippen molar-refractivity contribution < 1.29 is 19.2 Å². The molecule has 0 bridgehead atoms. The van der Waals surface area contributed by atoms with Gasteiger partial charge < -0.3 is 9.47 Å². The molecule has 6 heteroatoms. The van der Waals surface area contributed by atoms with Crippen molar-refractivity contribution in [3.63, 3.8) is 0 Å². The van der Waals surface area contributed by atoms with E-state index >= 15 is 0 Å². The van der Waals surface area contributed by atoms with Crippen molar-refractivity contribution in [2.24, 2.45) is 0 Å². The lowest BCUT2D eigenvalue weighted by Crippen LogP contribution is -2.08. The van der Waals surface area contributed by atoms with Crippen molar-refractivity contribution >= 4 is 11.7 Å². The maximum atomic E-state index is 11.8. The Morgan fingerprint density at radius 3 is 2.45 bits per heavy atom. The maximum absolute atomic E-state index is 11.8. The van der Waals surface area contributed by atoms with Crippen LogP contribution in [0.2, 0.25) is 0 Å². The number of nitro groups is 1. The highest BCUT2D eigenvalue weighted by Crippen LogP contribution is 2.31. The number of carbonyl (C=O) groups is 1. The van der Waals surface area contributed by atoms with Crippen LogP contribution in [0.25, 0.3) is 0 Å². The summed E-state index contributed by atoms with van der Waals surface area (Å²) >= 11 is 0. The lowest BCUT2D eigenvalue weighted by atomic mass is 10.2. The highest BCUT2D eigenvalue weighted by atomic mass is 16.6. The quantitative estimate of drug-likeness (QED) is 0.370. The fourth-order valence-corrected chi connectivity index (χ4v) is 1.62. The Kier molecular flexibility index (Phi) is 3.95. The first-order chi connectivity index (χ1) is 9.61. The summed E-state index contributed by atoms with van der Waals surface area (Å²) in [5.41, 5.74) is 0.108. The number of rotatable bonds is 4. The van der Waals surface area contributed by atoms with Crippen LogP contribution in [0.1, 0.15) is 10.4 Å². The fourth-order valence-electron chi connectivity index (χ4n) is 1.62. The zero-order chi connectivity index (χ0) is 14.5. The van der Waals surface area contributed by atoms with E-state index in [0.29, 0.717) is 5.56 Å². The Morgan fingerprint density at radius 2 is 1.85 bits per heavy atom. The number of nitro benzene ring substituents is 1. The van der Waals surface area contributed by atoms with Gasteiger partial charge in [0, 0.05) is 0 Å². The van der Waals surface area contributed by atoms with Crippen molar-refractivity contribution in [2.45, 2.75) is 0 Å². The second-order valence-electron chi connectivity index (χ2n) is 3.85. The Morgan fingerprint density at radius 1 is 1.15 bits per heavy atom. The van der Waals surface area contributed by atoms with Gasteiger partial charge in [0.25, 0.3) is 0 Å². The average Bonchev–Trinajstić information content (AvgIpc) is 2.48. The Bertz CT molecular complexity index is 639. The van der Waals surface area contributed by atoms with E-state index in [1.165, 1.54) is 19.2 Å². The smallest absolute Gasteiger partial charge is 0.343 e. The molecule has 0 amide bonds. The van der Waals surface area contributed by atoms with Crippen molar-refractivity contribution in [2.75, 3.05) is 7.11 Å². The fraction of sp³-hybridized carbons (Fsp3) is 0.0714. The van der Waals surface area contributed by atoms with Crippen LogP contribution in [0.4, 0.5) is 5.69 Å². The van der Waals surface area contributed by atoms with E-state index in [-0.39, 0.29) is 17.2 Å². The molecule has 0 spiro atoms. The molecular weight excluding hydrogens is 262 g/mol. The molecule has 0 N–H and O–H groups in total. The minimum absolute atomic E-state index is 0.0892. The number of ether oxygens (including phenoxy) is 2. The lowest BCUT2D eigenvalue weighted by Gasteiger charge is -2.06. The van der Waals surface area contributed by atoms with Crippen LogP contribution in [-0.2, 0) is 0 Å². The second kappa shape index (κ2) is 5.83. The van der Waals surface area contributed by atoms with Crippen LogP contribution in [-0.4, -0.2) is 18.0 Å². The van der Waals surface area contributed by atoms with E-state index in [1.807, 2.05) is 0 Å². The molecule has 20 heavy (non-hydrogen) atoms. The van der Waals surface area contributed by atoms with Gasteiger partial charge in [-0.1, -0.05) is 18.2 Å². The molecule has 0 aliphatic heterocycles. The standard InChI is InChI=1S/C14H11NO5/c1-19-13-8-7-11(9-12(13)15(17)18)20-14(16)10-5-3-2-4-6-10/h2-9H,1H3. The first-order valence-electron chi connectivity index (χ1n) is 5.71. The molecule has 0 atom stereocenters. The third-order valence-electron chi connectivity index (χ3n) is 2.57. The Balaban J connectivity index is 2.24. The zero-order valence-electron chi connectivity index (χ0n) is 10.6. The van der Waals surface area contributed by atoms with Crippen molar-refractivity contribution in [1.82, 2.24) is 0 Å². The van der Waals surface area contributed by atoms with Gasteiger partial charge in [-0.2, -0.15) is 0 Å². The summed E-state index contributed by atoms with van der Waals surface area (Å²) in [6.45, 7) is 0. The normalized spacial score (nSPS) is 9.85. The van der Waals surface area contributed by atoms with Crippen LogP contribution in [0.3, 0.4) is 0 Å². The van der Waals surface area contributed by atoms with Crippen LogP contribution in [0.15, 0.2) is 48.5 Å². The predicted molar refractivity (Wildman–Crippen MR) is 71.0 cm³/mol. The first kappa shape index (κ1) is 13.5. The van der Waals surface area contributed by atoms with Crippen molar-refractivity contribution in [3.8, 4) is 11.5 Å². The lowest BCUT2D eigenvalue weighted by molar-refractivity contribution is -0.385. The molecule has 0 radical (unpaired) electrons. The molecule has 0 aromatic heterocycles. The molecule has 0 unspecified atom stereocenters. The molecule has 2 rings (SSSR count). The van der Waals surface area contributed by atoms with Gasteiger partial charge in [0.05, 0.1) is 23.7 Å². The van der Waals surface area contributed by atoms with Gasteiger partial charge in [-0.05, 0) is 24.3 Å². The zero-order valence-corrected chi connectivity index (χ0v) is 10.6. The molecular formula is C14H11NO5. The third kappa shape index (κ3) is 2.92. The van der Waals surface area contributed by atoms with E-state index in [2.05, 4.69) is 0 Å². The van der Waals surface area contributed by atoms with E-state index in [4.69, 9.17) is 9.47 Å². The van der Waals surface area contributed by atoms with Gasteiger partial charge >= 0.3 is 11.7 Å². The predicted octanol–water partition coefficient (Wildman–Crippen LogP) is 2.82. The van der Waals surface area contributed by atoms with Gasteiger partial charge in [0.15, 0.2) is 5.75 Å². The highest BCUT2D eigenvalue weighted by Gasteiger charge is 2.17. The summed E-state index contributed by atoms with van der Waals surface area (Å²) in [5.74, 6) is -0.383. The van der Waals surface area contributed by atoms with Gasteiger partial charge in [-0.15, -0.1) is 0 Å². The molecule has 0 saturated carbocycles. The van der Waals surface area contributed by atoms with Crippen LogP contribution < -0.4 is 9.47 Å². The number of hydrogen-bond acceptors (Lipinski definition) is 5. The van der Waals surface area contributed by atoms with Gasteiger partial charge in [-0.25, -0.2) is 4.79 Å². The summed E-state index contributed by atoms with van der Waals surface area (Å²) in [4.78, 5) is 22.1. The first-order valence-corrected chi connectivity index (χ1v) is 5.71. The molecule has 0 aliphatic carbocycles. The SMILES string of the molecule is COc1ccc(OC(=O)c2ccccc2)cc1[N+](=O)[O-]. The summed E-state index contributed by atoms with van der Waals surface area (Å²) in [7, 11) is 1.33. The van der Waals surface area contributed by atoms with Gasteiger partial charge in [0.2, 0.25) is 0 Å². The van der Waals surface area contributed by atoms with Crippen LogP contribution >= 0.6 is 0 Å². The van der Waals surface area contributed by atoms with Gasteiger partial charge in [0.1, 0.15) is 5.75 Å². The molecule has 0 saturated heterocycles. The van der Waals surface area contributed by atoms with Crippen molar-refractivity contribution in [3.05, 3.63) is 64.2 Å². The maximum Gasteiger partial charge on any atom is 0.343 e. The minimum Gasteiger partial charge on any atom is -0.490 e. The number of carbonyl (C=O) groups excluding carboxylic acids is 1. The van der Waals surface area contributed by atoms with Gasteiger partial charge in [-0.3, -0.25) is 10.1 Å². The number of methoxy groups -OCH3 is 1. The topological polar surface area (TPSA) is 78.7 Å². The summed E-state index contributed by atoms with van der Waals surface area (Å²) < 4.78 is 9.96. The second-order valence-corrected chi connectivity index (χ2v) is 3.85. The summed E-state index contributed by atoms with van der Waals surface area (Å²) in [6.07, 6.45) is 0. The highest BCUT2D eigenvalue weighted by molar-refractivity contribution is 5.91. The number of hydrogen-bond donors (Lipinski definition) is 0. The number of nitrogens with zero attached hydrogens (tertiary/aromatic N) is 1. The summed E-state index contributed by atoms with van der Waals surface area (Å²) in [5, 5.41) is 10.9. The minimum atomic E-state index is -0.599. The molecule has 0 heterocycles. The molecule has 6 nitrogen and oxygen atoms in total. The van der Waals surface area contributed by atoms with Crippen molar-refractivity contribution in [1.29, 1.82) is 0 Å². The van der Waals surface area contributed by atoms with E-state index in [1.54, 1.807) is 30.3 Å². The number of esters is 1. The molecule has 2 aromatic rings. The molecule has 0 fully saturated rings. The average molecular weight is 273 g/mol. The molecule has 2 aromatic carbocycles. The monoisotopic (exact) mass is 273 g/mol. The van der Waals surface area contributed by atoms with E-state index in [9.17, 15) is 14.9 Å². The van der Waals surface area contributed by atoms with E-state index < -0.39 is 10.9 Å². The third-order valence-corrected chi connectivity index (χ3v) is 2.57. The molecule has 102 valence electrons.